The van der Waals surface area contributed by atoms with Gasteiger partial charge in [-0.1, -0.05) is 24.3 Å². The lowest BCUT2D eigenvalue weighted by atomic mass is 9.99. The maximum absolute atomic E-state index is 13.8. The van der Waals surface area contributed by atoms with E-state index in [1.165, 1.54) is 30.5 Å². The van der Waals surface area contributed by atoms with E-state index in [-0.39, 0.29) is 12.3 Å². The van der Waals surface area contributed by atoms with E-state index in [0.29, 0.717) is 17.0 Å². The van der Waals surface area contributed by atoms with Crippen LogP contribution in [0.2, 0.25) is 0 Å². The second kappa shape index (κ2) is 4.79. The SMILES string of the molecule is O=S1(=O)NCc2cc(F)cc(-c3ccc(C4CC4)cc3)c2O1. The number of nitrogens with one attached hydrogen (secondary N) is 1. The average molecular weight is 319 g/mol. The van der Waals surface area contributed by atoms with Gasteiger partial charge >= 0.3 is 10.3 Å². The predicted octanol–water partition coefficient (Wildman–Crippen LogP) is 3.10. The molecule has 4 nitrogen and oxygen atoms in total. The van der Waals surface area contributed by atoms with Gasteiger partial charge in [0.15, 0.2) is 5.75 Å². The highest BCUT2D eigenvalue weighted by molar-refractivity contribution is 7.85. The van der Waals surface area contributed by atoms with Crippen LogP contribution in [0.15, 0.2) is 36.4 Å². The van der Waals surface area contributed by atoms with Crippen molar-refractivity contribution >= 4 is 10.3 Å². The fourth-order valence-electron chi connectivity index (χ4n) is 2.75. The van der Waals surface area contributed by atoms with Crippen LogP contribution in [-0.4, -0.2) is 8.42 Å². The molecule has 0 amide bonds. The predicted molar refractivity (Wildman–Crippen MR) is 80.2 cm³/mol. The third-order valence-corrected chi connectivity index (χ3v) is 4.92. The van der Waals surface area contributed by atoms with E-state index in [0.717, 1.165) is 5.56 Å². The van der Waals surface area contributed by atoms with E-state index in [1.54, 1.807) is 0 Å². The normalized spacial score (nSPS) is 19.3. The van der Waals surface area contributed by atoms with Gasteiger partial charge in [-0.2, -0.15) is 13.1 Å². The summed E-state index contributed by atoms with van der Waals surface area (Å²) in [7, 11) is -3.82. The molecule has 2 aliphatic rings. The Morgan fingerprint density at radius 1 is 1.14 bits per heavy atom. The summed E-state index contributed by atoms with van der Waals surface area (Å²) in [5, 5.41) is 0. The highest BCUT2D eigenvalue weighted by Gasteiger charge is 2.27. The summed E-state index contributed by atoms with van der Waals surface area (Å²) in [6, 6.07) is 10.4. The van der Waals surface area contributed by atoms with Crippen LogP contribution >= 0.6 is 0 Å². The minimum atomic E-state index is -3.82. The molecule has 1 aliphatic heterocycles. The Morgan fingerprint density at radius 3 is 2.55 bits per heavy atom. The molecule has 22 heavy (non-hydrogen) atoms. The quantitative estimate of drug-likeness (QED) is 0.925. The third-order valence-electron chi connectivity index (χ3n) is 4.03. The van der Waals surface area contributed by atoms with Crippen molar-refractivity contribution in [3.05, 3.63) is 53.3 Å². The number of hydrogen-bond donors (Lipinski definition) is 1. The van der Waals surface area contributed by atoms with Crippen LogP contribution in [0.1, 0.15) is 29.9 Å². The lowest BCUT2D eigenvalue weighted by Gasteiger charge is -2.21. The van der Waals surface area contributed by atoms with Crippen LogP contribution in [0.4, 0.5) is 4.39 Å². The molecule has 0 aromatic heterocycles. The number of fused-ring (bicyclic) bond motifs is 1. The molecule has 2 aromatic rings. The first-order chi connectivity index (χ1) is 10.5. The van der Waals surface area contributed by atoms with Crippen LogP contribution in [0.25, 0.3) is 11.1 Å². The second-order valence-corrected chi connectivity index (χ2v) is 7.06. The minimum Gasteiger partial charge on any atom is -0.370 e. The fraction of sp³-hybridized carbons (Fsp3) is 0.250. The number of rotatable bonds is 2. The Labute approximate surface area is 128 Å². The minimum absolute atomic E-state index is 0.0303. The standard InChI is InChI=1S/C16H14FNO3S/c17-14-7-13-9-18-22(19,20)21-16(13)15(8-14)12-5-3-11(4-6-12)10-1-2-10/h3-8,10,18H,1-2,9H2. The van der Waals surface area contributed by atoms with Gasteiger partial charge in [0.2, 0.25) is 0 Å². The molecular formula is C16H14FNO3S. The Kier molecular flexibility index (Phi) is 2.99. The third kappa shape index (κ3) is 2.48. The molecular weight excluding hydrogens is 305 g/mol. The van der Waals surface area contributed by atoms with Crippen molar-refractivity contribution in [2.24, 2.45) is 0 Å². The Morgan fingerprint density at radius 2 is 1.86 bits per heavy atom. The maximum atomic E-state index is 13.8. The van der Waals surface area contributed by atoms with E-state index in [1.807, 2.05) is 24.3 Å². The van der Waals surface area contributed by atoms with Gasteiger partial charge in [-0.05, 0) is 42.0 Å². The molecule has 114 valence electrons. The fourth-order valence-corrected chi connectivity index (χ4v) is 3.56. The smallest absolute Gasteiger partial charge is 0.370 e. The van der Waals surface area contributed by atoms with E-state index in [4.69, 9.17) is 4.18 Å². The summed E-state index contributed by atoms with van der Waals surface area (Å²) >= 11 is 0. The first-order valence-corrected chi connectivity index (χ1v) is 8.54. The van der Waals surface area contributed by atoms with Crippen LogP contribution in [-0.2, 0) is 16.8 Å². The molecule has 1 fully saturated rings. The second-order valence-electron chi connectivity index (χ2n) is 5.70. The van der Waals surface area contributed by atoms with E-state index >= 15 is 0 Å². The maximum Gasteiger partial charge on any atom is 0.382 e. The summed E-state index contributed by atoms with van der Waals surface area (Å²) in [6.07, 6.45) is 2.42. The van der Waals surface area contributed by atoms with Crippen molar-refractivity contribution in [2.75, 3.05) is 0 Å². The summed E-state index contributed by atoms with van der Waals surface area (Å²) in [5.41, 5.74) is 2.97. The first-order valence-electron chi connectivity index (χ1n) is 7.14. The molecule has 2 aromatic carbocycles. The number of benzene rings is 2. The first kappa shape index (κ1) is 13.7. The monoisotopic (exact) mass is 319 g/mol. The van der Waals surface area contributed by atoms with Gasteiger partial charge in [-0.25, -0.2) is 4.39 Å². The lowest BCUT2D eigenvalue weighted by Crippen LogP contribution is -2.32. The average Bonchev–Trinajstić information content (AvgIpc) is 3.31. The Hall–Kier alpha value is -1.92. The van der Waals surface area contributed by atoms with E-state index < -0.39 is 16.1 Å². The van der Waals surface area contributed by atoms with Gasteiger partial charge in [0.25, 0.3) is 0 Å². The number of hydrogen-bond acceptors (Lipinski definition) is 3. The summed E-state index contributed by atoms with van der Waals surface area (Å²) in [4.78, 5) is 0. The molecule has 0 bridgehead atoms. The van der Waals surface area contributed by atoms with Gasteiger partial charge < -0.3 is 4.18 Å². The zero-order chi connectivity index (χ0) is 15.3. The van der Waals surface area contributed by atoms with Gasteiger partial charge in [-0.3, -0.25) is 0 Å². The molecule has 0 radical (unpaired) electrons. The van der Waals surface area contributed by atoms with E-state index in [9.17, 15) is 12.8 Å². The molecule has 1 aliphatic carbocycles. The van der Waals surface area contributed by atoms with Gasteiger partial charge in [0, 0.05) is 17.7 Å². The number of halogens is 1. The van der Waals surface area contributed by atoms with Crippen molar-refractivity contribution in [3.63, 3.8) is 0 Å². The molecule has 4 rings (SSSR count). The molecule has 0 spiro atoms. The molecule has 1 heterocycles. The van der Waals surface area contributed by atoms with Crippen molar-refractivity contribution < 1.29 is 17.0 Å². The molecule has 6 heteroatoms. The topological polar surface area (TPSA) is 55.4 Å². The zero-order valence-electron chi connectivity index (χ0n) is 11.7. The highest BCUT2D eigenvalue weighted by atomic mass is 32.2. The van der Waals surface area contributed by atoms with Crippen LogP contribution in [0.3, 0.4) is 0 Å². The molecule has 1 N–H and O–H groups in total. The summed E-state index contributed by atoms with van der Waals surface area (Å²) in [5.74, 6) is 0.431. The van der Waals surface area contributed by atoms with Crippen molar-refractivity contribution in [3.8, 4) is 16.9 Å². The molecule has 1 saturated carbocycles. The van der Waals surface area contributed by atoms with Crippen molar-refractivity contribution in [2.45, 2.75) is 25.3 Å². The molecule has 0 atom stereocenters. The van der Waals surface area contributed by atoms with E-state index in [2.05, 4.69) is 4.72 Å². The van der Waals surface area contributed by atoms with Crippen LogP contribution in [0.5, 0.6) is 5.75 Å². The van der Waals surface area contributed by atoms with Crippen LogP contribution < -0.4 is 8.91 Å². The largest absolute Gasteiger partial charge is 0.382 e. The van der Waals surface area contributed by atoms with Crippen molar-refractivity contribution in [1.82, 2.24) is 4.72 Å². The highest BCUT2D eigenvalue weighted by Crippen LogP contribution is 2.42. The van der Waals surface area contributed by atoms with Crippen LogP contribution in [0, 0.1) is 5.82 Å². The molecule has 0 saturated heterocycles. The van der Waals surface area contributed by atoms with Crippen molar-refractivity contribution in [1.29, 1.82) is 0 Å². The Balaban J connectivity index is 1.82. The van der Waals surface area contributed by atoms with Gasteiger partial charge in [0.05, 0.1) is 0 Å². The zero-order valence-corrected chi connectivity index (χ0v) is 12.5. The Bertz CT molecular complexity index is 842. The van der Waals surface area contributed by atoms with Gasteiger partial charge in [0.1, 0.15) is 5.82 Å². The lowest BCUT2D eigenvalue weighted by molar-refractivity contribution is 0.452. The van der Waals surface area contributed by atoms with Gasteiger partial charge in [-0.15, -0.1) is 0 Å². The summed E-state index contributed by atoms with van der Waals surface area (Å²) < 4.78 is 44.3. The summed E-state index contributed by atoms with van der Waals surface area (Å²) in [6.45, 7) is 0.0303. The molecule has 0 unspecified atom stereocenters.